The molecule has 0 atom stereocenters. The standard InChI is InChI=1S/C29H34N4O2/c1-18-22(7-5-9-25(18)30-4)23-8-6-10-26(19(23)2)32-28(34)27-13-24(20-11-12-20)21(14-31-27)15-33-16-29(3,35)17-33/h5-10,13-14,20,30,35H,11-12,15-17H2,1-4H3,(H,32,34). The summed E-state index contributed by atoms with van der Waals surface area (Å²) >= 11 is 0. The largest absolute Gasteiger partial charge is 0.388 e. The van der Waals surface area contributed by atoms with Gasteiger partial charge in [-0.1, -0.05) is 24.3 Å². The Kier molecular flexibility index (Phi) is 6.11. The van der Waals surface area contributed by atoms with Crippen molar-refractivity contribution in [3.63, 3.8) is 0 Å². The second kappa shape index (κ2) is 9.10. The highest BCUT2D eigenvalue weighted by molar-refractivity contribution is 6.04. The van der Waals surface area contributed by atoms with Crippen LogP contribution in [0.3, 0.4) is 0 Å². The zero-order chi connectivity index (χ0) is 24.7. The average molecular weight is 471 g/mol. The summed E-state index contributed by atoms with van der Waals surface area (Å²) in [5, 5.41) is 16.4. The maximum atomic E-state index is 13.2. The summed E-state index contributed by atoms with van der Waals surface area (Å²) in [5.41, 5.74) is 8.59. The molecular formula is C29H34N4O2. The van der Waals surface area contributed by atoms with Gasteiger partial charge >= 0.3 is 0 Å². The van der Waals surface area contributed by atoms with E-state index >= 15 is 0 Å². The monoisotopic (exact) mass is 470 g/mol. The lowest BCUT2D eigenvalue weighted by Gasteiger charge is -2.44. The number of β-amino-alcohol motifs (C(OH)–C–C–N with tert-alkyl or cyclic N) is 1. The molecule has 1 amide bonds. The van der Waals surface area contributed by atoms with Crippen molar-refractivity contribution < 1.29 is 9.90 Å². The topological polar surface area (TPSA) is 77.5 Å². The third-order valence-electron chi connectivity index (χ3n) is 7.27. The van der Waals surface area contributed by atoms with Gasteiger partial charge in [0.1, 0.15) is 5.69 Å². The van der Waals surface area contributed by atoms with Gasteiger partial charge in [-0.2, -0.15) is 0 Å². The quantitative estimate of drug-likeness (QED) is 0.448. The number of anilines is 2. The Labute approximate surface area is 207 Å². The molecule has 35 heavy (non-hydrogen) atoms. The van der Waals surface area contributed by atoms with Gasteiger partial charge in [-0.05, 0) is 91.1 Å². The van der Waals surface area contributed by atoms with Crippen LogP contribution in [0.5, 0.6) is 0 Å². The summed E-state index contributed by atoms with van der Waals surface area (Å²) in [6, 6.07) is 14.2. The number of aromatic nitrogens is 1. The van der Waals surface area contributed by atoms with E-state index in [1.165, 1.54) is 11.1 Å². The molecule has 3 aromatic rings. The molecule has 2 aromatic carbocycles. The second-order valence-corrected chi connectivity index (χ2v) is 10.3. The fourth-order valence-electron chi connectivity index (χ4n) is 5.25. The lowest BCUT2D eigenvalue weighted by molar-refractivity contribution is -0.0872. The van der Waals surface area contributed by atoms with Gasteiger partial charge in [-0.3, -0.25) is 14.7 Å². The minimum absolute atomic E-state index is 0.189. The number of carbonyl (C=O) groups excluding carboxylic acids is 1. The van der Waals surface area contributed by atoms with Gasteiger partial charge < -0.3 is 15.7 Å². The molecule has 3 N–H and O–H groups in total. The van der Waals surface area contributed by atoms with Gasteiger partial charge in [0.2, 0.25) is 0 Å². The predicted octanol–water partition coefficient (Wildman–Crippen LogP) is 5.10. The average Bonchev–Trinajstić information content (AvgIpc) is 3.65. The molecule has 6 heteroatoms. The van der Waals surface area contributed by atoms with E-state index in [4.69, 9.17) is 0 Å². The molecule has 182 valence electrons. The van der Waals surface area contributed by atoms with Crippen molar-refractivity contribution in [3.05, 3.63) is 76.6 Å². The van der Waals surface area contributed by atoms with Gasteiger partial charge in [0.05, 0.1) is 5.60 Å². The van der Waals surface area contributed by atoms with E-state index in [2.05, 4.69) is 45.6 Å². The van der Waals surface area contributed by atoms with Gasteiger partial charge in [0.15, 0.2) is 0 Å². The van der Waals surface area contributed by atoms with E-state index in [1.807, 2.05) is 51.4 Å². The minimum atomic E-state index is -0.591. The second-order valence-electron chi connectivity index (χ2n) is 10.3. The third-order valence-corrected chi connectivity index (χ3v) is 7.27. The zero-order valence-electron chi connectivity index (χ0n) is 21.0. The molecule has 0 spiro atoms. The van der Waals surface area contributed by atoms with Gasteiger partial charge in [0, 0.05) is 44.3 Å². The number of pyridine rings is 1. The van der Waals surface area contributed by atoms with Crippen LogP contribution in [-0.4, -0.2) is 46.6 Å². The maximum Gasteiger partial charge on any atom is 0.274 e. The Hall–Kier alpha value is -3.22. The van der Waals surface area contributed by atoms with Crippen LogP contribution in [0.2, 0.25) is 0 Å². The van der Waals surface area contributed by atoms with Crippen molar-refractivity contribution in [2.24, 2.45) is 0 Å². The number of aliphatic hydroxyl groups is 1. The number of benzene rings is 2. The summed E-state index contributed by atoms with van der Waals surface area (Å²) < 4.78 is 0. The molecular weight excluding hydrogens is 436 g/mol. The van der Waals surface area contributed by atoms with E-state index in [9.17, 15) is 9.90 Å². The lowest BCUT2D eigenvalue weighted by Crippen LogP contribution is -2.59. The summed E-state index contributed by atoms with van der Waals surface area (Å²) in [6.45, 7) is 8.13. The van der Waals surface area contributed by atoms with Crippen LogP contribution in [-0.2, 0) is 6.54 Å². The summed E-state index contributed by atoms with van der Waals surface area (Å²) in [5.74, 6) is 0.320. The fourth-order valence-corrected chi connectivity index (χ4v) is 5.25. The van der Waals surface area contributed by atoms with Crippen molar-refractivity contribution in [3.8, 4) is 11.1 Å². The van der Waals surface area contributed by atoms with Crippen LogP contribution in [0.4, 0.5) is 11.4 Å². The first-order chi connectivity index (χ1) is 16.8. The molecule has 0 unspecified atom stereocenters. The molecule has 1 aliphatic carbocycles. The van der Waals surface area contributed by atoms with E-state index in [0.717, 1.165) is 53.0 Å². The Morgan fingerprint density at radius 1 is 1.09 bits per heavy atom. The predicted molar refractivity (Wildman–Crippen MR) is 141 cm³/mol. The minimum Gasteiger partial charge on any atom is -0.388 e. The molecule has 6 nitrogen and oxygen atoms in total. The first-order valence-electron chi connectivity index (χ1n) is 12.4. The molecule has 1 aliphatic heterocycles. The summed E-state index contributed by atoms with van der Waals surface area (Å²) in [4.78, 5) is 20.0. The molecule has 0 radical (unpaired) electrons. The molecule has 0 bridgehead atoms. The molecule has 2 heterocycles. The molecule has 2 fully saturated rings. The molecule has 1 saturated carbocycles. The summed E-state index contributed by atoms with van der Waals surface area (Å²) in [6.07, 6.45) is 4.16. The van der Waals surface area contributed by atoms with Crippen molar-refractivity contribution >= 4 is 17.3 Å². The fraction of sp³-hybridized carbons (Fsp3) is 0.379. The first kappa shape index (κ1) is 23.5. The Balaban J connectivity index is 1.37. The lowest BCUT2D eigenvalue weighted by atomic mass is 9.94. The van der Waals surface area contributed by atoms with Crippen LogP contribution >= 0.6 is 0 Å². The van der Waals surface area contributed by atoms with Crippen molar-refractivity contribution in [2.45, 2.75) is 51.7 Å². The number of hydrogen-bond donors (Lipinski definition) is 3. The van der Waals surface area contributed by atoms with Crippen LogP contribution < -0.4 is 10.6 Å². The van der Waals surface area contributed by atoms with Crippen molar-refractivity contribution in [1.29, 1.82) is 0 Å². The molecule has 5 rings (SSSR count). The number of amides is 1. The molecule has 2 aliphatic rings. The normalized spacial score (nSPS) is 17.1. The van der Waals surface area contributed by atoms with E-state index in [1.54, 1.807) is 0 Å². The van der Waals surface area contributed by atoms with Crippen LogP contribution in [0, 0.1) is 13.8 Å². The molecule has 1 aromatic heterocycles. The van der Waals surface area contributed by atoms with Gasteiger partial charge in [0.25, 0.3) is 5.91 Å². The smallest absolute Gasteiger partial charge is 0.274 e. The van der Waals surface area contributed by atoms with Crippen molar-refractivity contribution in [1.82, 2.24) is 9.88 Å². The maximum absolute atomic E-state index is 13.2. The number of nitrogens with zero attached hydrogens (tertiary/aromatic N) is 2. The van der Waals surface area contributed by atoms with Crippen LogP contribution in [0.15, 0.2) is 48.7 Å². The number of likely N-dealkylation sites (tertiary alicyclic amines) is 1. The highest BCUT2D eigenvalue weighted by Crippen LogP contribution is 2.42. The number of nitrogens with one attached hydrogen (secondary N) is 2. The zero-order valence-corrected chi connectivity index (χ0v) is 21.0. The Bertz CT molecular complexity index is 1270. The number of rotatable bonds is 7. The van der Waals surface area contributed by atoms with Crippen LogP contribution in [0.1, 0.15) is 58.4 Å². The van der Waals surface area contributed by atoms with Crippen molar-refractivity contribution in [2.75, 3.05) is 30.8 Å². The van der Waals surface area contributed by atoms with Crippen LogP contribution in [0.25, 0.3) is 11.1 Å². The highest BCUT2D eigenvalue weighted by Gasteiger charge is 2.37. The first-order valence-corrected chi connectivity index (χ1v) is 12.4. The highest BCUT2D eigenvalue weighted by atomic mass is 16.3. The van der Waals surface area contributed by atoms with E-state index in [-0.39, 0.29) is 5.91 Å². The van der Waals surface area contributed by atoms with Gasteiger partial charge in [-0.15, -0.1) is 0 Å². The summed E-state index contributed by atoms with van der Waals surface area (Å²) in [7, 11) is 1.93. The number of carbonyl (C=O) groups is 1. The SMILES string of the molecule is CNc1cccc(-c2cccc(NC(=O)c3cc(C4CC4)c(CN4CC(C)(O)C4)cn3)c2C)c1C. The Morgan fingerprint density at radius 3 is 2.31 bits per heavy atom. The number of hydrogen-bond acceptors (Lipinski definition) is 5. The Morgan fingerprint density at radius 2 is 1.71 bits per heavy atom. The van der Waals surface area contributed by atoms with E-state index < -0.39 is 5.60 Å². The van der Waals surface area contributed by atoms with Gasteiger partial charge in [-0.25, -0.2) is 0 Å². The molecule has 1 saturated heterocycles. The van der Waals surface area contributed by atoms with E-state index in [0.29, 0.717) is 24.7 Å². The third kappa shape index (κ3) is 4.81.